The van der Waals surface area contributed by atoms with Gasteiger partial charge in [0.1, 0.15) is 8.64 Å². The Morgan fingerprint density at radius 1 is 0.364 bits per heavy atom. The molecule has 0 aliphatic carbocycles. The van der Waals surface area contributed by atoms with E-state index in [1.807, 2.05) is 43.2 Å². The number of thiocarbonyl (C=S) groups is 2. The number of nitrogens with zero attached hydrogens (tertiary/aromatic N) is 2. The predicted molar refractivity (Wildman–Crippen MR) is 222 cm³/mol. The lowest BCUT2D eigenvalue weighted by Crippen LogP contribution is -2.29. The van der Waals surface area contributed by atoms with Crippen LogP contribution in [0.1, 0.15) is 182 Å². The Morgan fingerprint density at radius 2 is 0.591 bits per heavy atom. The van der Waals surface area contributed by atoms with E-state index in [0.717, 1.165) is 34.8 Å². The molecule has 0 heterocycles. The second kappa shape index (κ2) is 37.0. The number of unbranched alkanes of at least 4 members (excludes halogenated alkanes) is 19. The average molecular weight is 725 g/mol. The molecule has 0 aromatic heterocycles. The molecular formula is C36H72N2S6. The summed E-state index contributed by atoms with van der Waals surface area (Å²) in [5, 5.41) is 0. The maximum atomic E-state index is 5.72. The van der Waals surface area contributed by atoms with Crippen molar-refractivity contribution >= 4 is 76.3 Å². The fourth-order valence-electron chi connectivity index (χ4n) is 5.07. The van der Waals surface area contributed by atoms with Crippen LogP contribution in [0.3, 0.4) is 0 Å². The van der Waals surface area contributed by atoms with Gasteiger partial charge in [0.25, 0.3) is 0 Å². The zero-order valence-electron chi connectivity index (χ0n) is 29.6. The summed E-state index contributed by atoms with van der Waals surface area (Å²) in [6, 6.07) is 0. The fourth-order valence-corrected chi connectivity index (χ4v) is 10.3. The van der Waals surface area contributed by atoms with Crippen molar-refractivity contribution in [3.63, 3.8) is 0 Å². The highest BCUT2D eigenvalue weighted by molar-refractivity contribution is 8.84. The van der Waals surface area contributed by atoms with E-state index in [2.05, 4.69) is 37.5 Å². The first kappa shape index (κ1) is 45.2. The molecule has 0 aliphatic rings. The minimum absolute atomic E-state index is 1.11. The summed E-state index contributed by atoms with van der Waals surface area (Å²) >= 11 is 11.4. The van der Waals surface area contributed by atoms with Crippen LogP contribution in [0.15, 0.2) is 0 Å². The van der Waals surface area contributed by atoms with Crippen molar-refractivity contribution < 1.29 is 0 Å². The molecule has 0 rings (SSSR count). The minimum Gasteiger partial charge on any atom is -0.357 e. The van der Waals surface area contributed by atoms with Gasteiger partial charge in [-0.2, -0.15) is 0 Å². The van der Waals surface area contributed by atoms with Crippen LogP contribution < -0.4 is 0 Å². The molecule has 0 saturated carbocycles. The van der Waals surface area contributed by atoms with Gasteiger partial charge in [-0.1, -0.05) is 189 Å². The van der Waals surface area contributed by atoms with Gasteiger partial charge in [0.15, 0.2) is 0 Å². The topological polar surface area (TPSA) is 6.48 Å². The van der Waals surface area contributed by atoms with Gasteiger partial charge >= 0.3 is 0 Å². The molecule has 262 valence electrons. The quantitative estimate of drug-likeness (QED) is 0.0370. The molecule has 0 amide bonds. The monoisotopic (exact) mass is 724 g/mol. The Kier molecular flexibility index (Phi) is 38.0. The molecule has 0 fully saturated rings. The molecule has 0 spiro atoms. The van der Waals surface area contributed by atoms with Crippen LogP contribution in [0.4, 0.5) is 0 Å². The van der Waals surface area contributed by atoms with E-state index in [4.69, 9.17) is 24.4 Å². The number of hydrogen-bond donors (Lipinski definition) is 0. The van der Waals surface area contributed by atoms with Gasteiger partial charge in [0.2, 0.25) is 0 Å². The van der Waals surface area contributed by atoms with Crippen LogP contribution in [0.2, 0.25) is 0 Å². The Hall–Kier alpha value is 1.18. The summed E-state index contributed by atoms with van der Waals surface area (Å²) in [5.41, 5.74) is 0. The third kappa shape index (κ3) is 30.5. The van der Waals surface area contributed by atoms with Crippen LogP contribution in [-0.4, -0.2) is 56.1 Å². The Balaban J connectivity index is 3.42. The lowest BCUT2D eigenvalue weighted by molar-refractivity contribution is 0.411. The first-order valence-electron chi connectivity index (χ1n) is 18.8. The van der Waals surface area contributed by atoms with E-state index in [0.29, 0.717) is 0 Å². The molecule has 0 saturated heterocycles. The third-order valence-electron chi connectivity index (χ3n) is 8.11. The molecule has 0 aliphatic heterocycles. The Bertz CT molecular complexity index is 553. The maximum Gasteiger partial charge on any atom is 0.147 e. The highest BCUT2D eigenvalue weighted by Gasteiger charge is 2.10. The van der Waals surface area contributed by atoms with Gasteiger partial charge in [-0.3, -0.25) is 0 Å². The SMILES string of the molecule is CCCCN(CCCC)C(=S)SSCCCCCCCCCCCCCCCCCCSSC(=S)N(CCCC)CCCC. The molecule has 44 heavy (non-hydrogen) atoms. The van der Waals surface area contributed by atoms with Gasteiger partial charge in [-0.15, -0.1) is 0 Å². The molecule has 0 radical (unpaired) electrons. The number of hydrogen-bond acceptors (Lipinski definition) is 6. The van der Waals surface area contributed by atoms with E-state index in [9.17, 15) is 0 Å². The second-order valence-corrected chi connectivity index (χ2v) is 18.5. The van der Waals surface area contributed by atoms with Crippen LogP contribution in [0, 0.1) is 0 Å². The third-order valence-corrected chi connectivity index (χ3v) is 14.4. The van der Waals surface area contributed by atoms with Crippen LogP contribution >= 0.6 is 67.6 Å². The maximum absolute atomic E-state index is 5.72. The van der Waals surface area contributed by atoms with E-state index < -0.39 is 0 Å². The van der Waals surface area contributed by atoms with Crippen molar-refractivity contribution in [3.8, 4) is 0 Å². The first-order valence-corrected chi connectivity index (χ1v) is 24.2. The number of rotatable bonds is 33. The van der Waals surface area contributed by atoms with Gasteiger partial charge in [0.05, 0.1) is 0 Å². The summed E-state index contributed by atoms with van der Waals surface area (Å²) in [7, 11) is 7.65. The summed E-state index contributed by atoms with van der Waals surface area (Å²) in [4.78, 5) is 4.88. The van der Waals surface area contributed by atoms with E-state index >= 15 is 0 Å². The first-order chi connectivity index (χ1) is 21.6. The Labute approximate surface area is 303 Å². The van der Waals surface area contributed by atoms with Crippen molar-refractivity contribution in [2.24, 2.45) is 0 Å². The zero-order valence-corrected chi connectivity index (χ0v) is 34.5. The van der Waals surface area contributed by atoms with Gasteiger partial charge in [-0.25, -0.2) is 0 Å². The molecule has 0 atom stereocenters. The van der Waals surface area contributed by atoms with E-state index in [1.165, 1.54) is 166 Å². The molecule has 2 nitrogen and oxygen atoms in total. The fraction of sp³-hybridized carbons (Fsp3) is 0.944. The summed E-state index contributed by atoms with van der Waals surface area (Å²) in [6.07, 6.45) is 32.7. The van der Waals surface area contributed by atoms with E-state index in [1.54, 1.807) is 0 Å². The molecular weight excluding hydrogens is 653 g/mol. The molecule has 0 aromatic carbocycles. The predicted octanol–water partition coefficient (Wildman–Crippen LogP) is 14.4. The molecule has 0 N–H and O–H groups in total. The van der Waals surface area contributed by atoms with Crippen LogP contribution in [-0.2, 0) is 0 Å². The van der Waals surface area contributed by atoms with Crippen molar-refractivity contribution in [1.29, 1.82) is 0 Å². The molecule has 0 unspecified atom stereocenters. The highest BCUT2D eigenvalue weighted by atomic mass is 33.1. The minimum atomic E-state index is 1.11. The van der Waals surface area contributed by atoms with E-state index in [-0.39, 0.29) is 0 Å². The van der Waals surface area contributed by atoms with Crippen LogP contribution in [0.5, 0.6) is 0 Å². The summed E-state index contributed by atoms with van der Waals surface area (Å²) < 4.78 is 2.22. The smallest absolute Gasteiger partial charge is 0.147 e. The van der Waals surface area contributed by atoms with Crippen LogP contribution in [0.25, 0.3) is 0 Å². The van der Waals surface area contributed by atoms with Crippen molar-refractivity contribution in [1.82, 2.24) is 9.80 Å². The largest absolute Gasteiger partial charge is 0.357 e. The summed E-state index contributed by atoms with van der Waals surface area (Å²) in [5.74, 6) is 2.48. The summed E-state index contributed by atoms with van der Waals surface area (Å²) in [6.45, 7) is 13.6. The standard InChI is InChI=1S/C36H72N2S6/c1-5-9-29-37(30-10-6-2)35(39)43-41-33-27-25-23-21-19-17-15-13-14-16-18-20-22-24-26-28-34-42-44-36(40)38(31-11-7-3)32-12-8-4/h5-34H2,1-4H3. The average Bonchev–Trinajstić information content (AvgIpc) is 3.03. The zero-order chi connectivity index (χ0) is 32.4. The van der Waals surface area contributed by atoms with Gasteiger partial charge in [0, 0.05) is 37.7 Å². The lowest BCUT2D eigenvalue weighted by atomic mass is 10.0. The Morgan fingerprint density at radius 3 is 0.818 bits per heavy atom. The van der Waals surface area contributed by atoms with Gasteiger partial charge in [-0.05, 0) is 60.1 Å². The second-order valence-electron chi connectivity index (χ2n) is 12.4. The normalized spacial score (nSPS) is 11.3. The highest BCUT2D eigenvalue weighted by Crippen LogP contribution is 2.28. The van der Waals surface area contributed by atoms with Crippen molar-refractivity contribution in [2.45, 2.75) is 182 Å². The van der Waals surface area contributed by atoms with Gasteiger partial charge < -0.3 is 9.80 Å². The molecule has 0 aromatic rings. The lowest BCUT2D eigenvalue weighted by Gasteiger charge is -2.24. The molecule has 0 bridgehead atoms. The van der Waals surface area contributed by atoms with Crippen molar-refractivity contribution in [2.75, 3.05) is 37.7 Å². The van der Waals surface area contributed by atoms with Crippen molar-refractivity contribution in [3.05, 3.63) is 0 Å². The molecule has 8 heteroatoms.